The topological polar surface area (TPSA) is 75.6 Å². The van der Waals surface area contributed by atoms with E-state index < -0.39 is 0 Å². The Kier molecular flexibility index (Phi) is 4.11. The van der Waals surface area contributed by atoms with E-state index in [1.807, 2.05) is 0 Å². The Morgan fingerprint density at radius 2 is 1.50 bits per heavy atom. The molecule has 0 unspecified atom stereocenters. The highest BCUT2D eigenvalue weighted by atomic mass is 16.5. The van der Waals surface area contributed by atoms with Crippen LogP contribution in [0.15, 0.2) is 0 Å². The molecular formula is C10H18N6O2. The smallest absolute Gasteiger partial charge is 0.324 e. The number of rotatable bonds is 4. The molecule has 0 atom stereocenters. The number of methoxy groups -OCH3 is 2. The van der Waals surface area contributed by atoms with E-state index in [-0.39, 0.29) is 12.0 Å². The summed E-state index contributed by atoms with van der Waals surface area (Å²) >= 11 is 0. The second-order valence-electron chi connectivity index (χ2n) is 4.03. The molecule has 0 aromatic carbocycles. The quantitative estimate of drug-likeness (QED) is 0.768. The SMILES string of the molecule is COc1nc(NN2CCN(C)CC2)nc(OC)n1. The molecule has 1 saturated heterocycles. The largest absolute Gasteiger partial charge is 0.467 e. The maximum atomic E-state index is 4.99. The summed E-state index contributed by atoms with van der Waals surface area (Å²) in [6, 6.07) is 0.469. The first-order valence-corrected chi connectivity index (χ1v) is 5.75. The van der Waals surface area contributed by atoms with Gasteiger partial charge in [0.15, 0.2) is 0 Å². The van der Waals surface area contributed by atoms with Crippen molar-refractivity contribution >= 4 is 5.95 Å². The molecule has 8 heteroatoms. The van der Waals surface area contributed by atoms with Crippen molar-refractivity contribution in [2.75, 3.05) is 52.9 Å². The minimum absolute atomic E-state index is 0.235. The number of hydrogen-bond donors (Lipinski definition) is 1. The van der Waals surface area contributed by atoms with Crippen LogP contribution in [0.5, 0.6) is 12.0 Å². The first kappa shape index (κ1) is 12.8. The molecule has 1 aromatic heterocycles. The van der Waals surface area contributed by atoms with Crippen molar-refractivity contribution < 1.29 is 9.47 Å². The summed E-state index contributed by atoms with van der Waals surface area (Å²) < 4.78 is 9.99. The molecule has 1 fully saturated rings. The van der Waals surface area contributed by atoms with Crippen LogP contribution < -0.4 is 14.9 Å². The van der Waals surface area contributed by atoms with Crippen LogP contribution >= 0.6 is 0 Å². The lowest BCUT2D eigenvalue weighted by atomic mass is 10.4. The summed E-state index contributed by atoms with van der Waals surface area (Å²) in [6.45, 7) is 3.83. The molecule has 2 rings (SSSR count). The molecule has 8 nitrogen and oxygen atoms in total. The number of aromatic nitrogens is 3. The summed E-state index contributed by atoms with van der Waals surface area (Å²) in [4.78, 5) is 14.5. The molecule has 100 valence electrons. The van der Waals surface area contributed by atoms with Gasteiger partial charge in [0.25, 0.3) is 0 Å². The molecule has 0 radical (unpaired) electrons. The first-order chi connectivity index (χ1) is 8.71. The zero-order valence-corrected chi connectivity index (χ0v) is 10.9. The Morgan fingerprint density at radius 1 is 0.944 bits per heavy atom. The van der Waals surface area contributed by atoms with Crippen LogP contribution in [-0.2, 0) is 0 Å². The van der Waals surface area contributed by atoms with Crippen LogP contribution in [0.3, 0.4) is 0 Å². The first-order valence-electron chi connectivity index (χ1n) is 5.75. The van der Waals surface area contributed by atoms with E-state index in [1.165, 1.54) is 14.2 Å². The molecule has 2 heterocycles. The van der Waals surface area contributed by atoms with E-state index in [4.69, 9.17) is 9.47 Å². The number of likely N-dealkylation sites (N-methyl/N-ethyl adjacent to an activating group) is 1. The van der Waals surface area contributed by atoms with Crippen LogP contribution in [0.2, 0.25) is 0 Å². The predicted octanol–water partition coefficient (Wildman–Crippen LogP) is -0.537. The average Bonchev–Trinajstić information content (AvgIpc) is 2.41. The van der Waals surface area contributed by atoms with Crippen LogP contribution in [0.4, 0.5) is 5.95 Å². The zero-order chi connectivity index (χ0) is 13.0. The number of anilines is 1. The fraction of sp³-hybridized carbons (Fsp3) is 0.700. The molecule has 0 amide bonds. The van der Waals surface area contributed by atoms with Crippen molar-refractivity contribution in [3.63, 3.8) is 0 Å². The second-order valence-corrected chi connectivity index (χ2v) is 4.03. The lowest BCUT2D eigenvalue weighted by Crippen LogP contribution is -2.47. The highest BCUT2D eigenvalue weighted by Gasteiger charge is 2.15. The van der Waals surface area contributed by atoms with Crippen molar-refractivity contribution in [2.45, 2.75) is 0 Å². The van der Waals surface area contributed by atoms with Gasteiger partial charge in [-0.25, -0.2) is 5.01 Å². The van der Waals surface area contributed by atoms with Gasteiger partial charge in [-0.3, -0.25) is 5.43 Å². The Bertz CT molecular complexity index is 372. The van der Waals surface area contributed by atoms with E-state index >= 15 is 0 Å². The molecule has 1 aromatic rings. The summed E-state index contributed by atoms with van der Waals surface area (Å²) in [5.41, 5.74) is 3.14. The molecule has 1 N–H and O–H groups in total. The summed E-state index contributed by atoms with van der Waals surface area (Å²) in [5.74, 6) is 0.434. The van der Waals surface area contributed by atoms with E-state index in [0.29, 0.717) is 5.95 Å². The van der Waals surface area contributed by atoms with Crippen molar-refractivity contribution in [3.05, 3.63) is 0 Å². The third-order valence-corrected chi connectivity index (χ3v) is 2.72. The van der Waals surface area contributed by atoms with Gasteiger partial charge in [0.2, 0.25) is 5.95 Å². The van der Waals surface area contributed by atoms with Gasteiger partial charge in [0.1, 0.15) is 0 Å². The highest BCUT2D eigenvalue weighted by molar-refractivity contribution is 5.26. The third kappa shape index (κ3) is 3.17. The van der Waals surface area contributed by atoms with Crippen LogP contribution in [0.1, 0.15) is 0 Å². The number of piperazine rings is 1. The number of nitrogens with zero attached hydrogens (tertiary/aromatic N) is 5. The normalized spacial score (nSPS) is 17.5. The number of hydrogen-bond acceptors (Lipinski definition) is 8. The van der Waals surface area contributed by atoms with E-state index in [1.54, 1.807) is 0 Å². The maximum absolute atomic E-state index is 4.99. The van der Waals surface area contributed by atoms with Crippen molar-refractivity contribution in [1.82, 2.24) is 24.9 Å². The standard InChI is InChI=1S/C10H18N6O2/c1-15-4-6-16(7-5-15)14-8-11-9(17-2)13-10(12-8)18-3/h4-7H2,1-3H3,(H,11,12,13,14). The van der Waals surface area contributed by atoms with Crippen LogP contribution in [0, 0.1) is 0 Å². The van der Waals surface area contributed by atoms with Gasteiger partial charge >= 0.3 is 12.0 Å². The maximum Gasteiger partial charge on any atom is 0.324 e. The lowest BCUT2D eigenvalue weighted by molar-refractivity contribution is 0.177. The minimum atomic E-state index is 0.235. The van der Waals surface area contributed by atoms with Crippen LogP contribution in [-0.4, -0.2) is 72.3 Å². The molecule has 1 aliphatic heterocycles. The van der Waals surface area contributed by atoms with Crippen molar-refractivity contribution in [3.8, 4) is 12.0 Å². The molecule has 0 spiro atoms. The fourth-order valence-electron chi connectivity index (χ4n) is 1.63. The van der Waals surface area contributed by atoms with Crippen molar-refractivity contribution in [2.24, 2.45) is 0 Å². The Hall–Kier alpha value is -1.67. The monoisotopic (exact) mass is 254 g/mol. The Morgan fingerprint density at radius 3 is 2.00 bits per heavy atom. The van der Waals surface area contributed by atoms with E-state index in [9.17, 15) is 0 Å². The Labute approximate surface area is 106 Å². The van der Waals surface area contributed by atoms with Gasteiger partial charge in [-0.15, -0.1) is 4.98 Å². The molecule has 0 bridgehead atoms. The van der Waals surface area contributed by atoms with Gasteiger partial charge in [-0.2, -0.15) is 9.97 Å². The summed E-state index contributed by atoms with van der Waals surface area (Å²) in [5, 5.41) is 2.06. The molecule has 0 aliphatic carbocycles. The fourth-order valence-corrected chi connectivity index (χ4v) is 1.63. The highest BCUT2D eigenvalue weighted by Crippen LogP contribution is 2.13. The number of hydrazine groups is 1. The van der Waals surface area contributed by atoms with Gasteiger partial charge in [-0.1, -0.05) is 0 Å². The van der Waals surface area contributed by atoms with Gasteiger partial charge in [0.05, 0.1) is 14.2 Å². The van der Waals surface area contributed by atoms with Gasteiger partial charge < -0.3 is 14.4 Å². The van der Waals surface area contributed by atoms with Gasteiger partial charge in [-0.05, 0) is 7.05 Å². The Balaban J connectivity index is 2.03. The summed E-state index contributed by atoms with van der Waals surface area (Å²) in [7, 11) is 5.12. The minimum Gasteiger partial charge on any atom is -0.467 e. The van der Waals surface area contributed by atoms with E-state index in [2.05, 4.69) is 37.3 Å². The number of ether oxygens (including phenoxy) is 2. The predicted molar refractivity (Wildman–Crippen MR) is 65.6 cm³/mol. The molecule has 18 heavy (non-hydrogen) atoms. The van der Waals surface area contributed by atoms with Gasteiger partial charge in [0, 0.05) is 26.2 Å². The number of nitrogens with one attached hydrogen (secondary N) is 1. The van der Waals surface area contributed by atoms with E-state index in [0.717, 1.165) is 26.2 Å². The third-order valence-electron chi connectivity index (χ3n) is 2.72. The average molecular weight is 254 g/mol. The molecule has 1 aliphatic rings. The van der Waals surface area contributed by atoms with Crippen LogP contribution in [0.25, 0.3) is 0 Å². The second kappa shape index (κ2) is 5.78. The van der Waals surface area contributed by atoms with Crippen molar-refractivity contribution in [1.29, 1.82) is 0 Å². The lowest BCUT2D eigenvalue weighted by Gasteiger charge is -2.32. The molecular weight excluding hydrogens is 236 g/mol. The molecule has 0 saturated carbocycles. The summed E-state index contributed by atoms with van der Waals surface area (Å²) in [6.07, 6.45) is 0. The zero-order valence-electron chi connectivity index (χ0n) is 10.9.